The molecule has 4 nitrogen and oxygen atoms in total. The SMILES string of the molecule is CCCc1cc(C(=O)N(C)CC(C)CC)cc(NCC)n1. The summed E-state index contributed by atoms with van der Waals surface area (Å²) < 4.78 is 0. The van der Waals surface area contributed by atoms with E-state index in [2.05, 4.69) is 31.1 Å². The van der Waals surface area contributed by atoms with Crippen molar-refractivity contribution in [2.75, 3.05) is 25.5 Å². The molecule has 1 aromatic heterocycles. The number of hydrogen-bond donors (Lipinski definition) is 1. The molecule has 0 radical (unpaired) electrons. The van der Waals surface area contributed by atoms with Gasteiger partial charge in [0, 0.05) is 31.4 Å². The maximum absolute atomic E-state index is 12.6. The molecule has 0 saturated heterocycles. The van der Waals surface area contributed by atoms with Crippen molar-refractivity contribution >= 4 is 11.7 Å². The Labute approximate surface area is 129 Å². The molecule has 1 amide bonds. The summed E-state index contributed by atoms with van der Waals surface area (Å²) in [5, 5.41) is 3.21. The van der Waals surface area contributed by atoms with Crippen molar-refractivity contribution in [2.24, 2.45) is 5.92 Å². The summed E-state index contributed by atoms with van der Waals surface area (Å²) in [4.78, 5) is 18.9. The van der Waals surface area contributed by atoms with Crippen LogP contribution in [0, 0.1) is 5.92 Å². The Morgan fingerprint density at radius 1 is 1.33 bits per heavy atom. The molecule has 4 heteroatoms. The molecular formula is C17H29N3O. The number of aromatic nitrogens is 1. The third-order valence-electron chi connectivity index (χ3n) is 3.62. The Morgan fingerprint density at radius 2 is 2.05 bits per heavy atom. The molecule has 0 aliphatic carbocycles. The molecule has 0 spiro atoms. The Bertz CT molecular complexity index is 435. The minimum Gasteiger partial charge on any atom is -0.370 e. The summed E-state index contributed by atoms with van der Waals surface area (Å²) in [6.07, 6.45) is 3.01. The van der Waals surface area contributed by atoms with Crippen LogP contribution in [0.2, 0.25) is 0 Å². The van der Waals surface area contributed by atoms with Crippen LogP contribution in [-0.4, -0.2) is 35.9 Å². The standard InChI is InChI=1S/C17H29N3O/c1-6-9-15-10-14(11-16(19-15)18-8-3)17(21)20(5)12-13(4)7-2/h10-11,13H,6-9,12H2,1-5H3,(H,18,19). The maximum Gasteiger partial charge on any atom is 0.253 e. The number of aryl methyl sites for hydroxylation is 1. The average Bonchev–Trinajstić information content (AvgIpc) is 2.46. The topological polar surface area (TPSA) is 45.2 Å². The van der Waals surface area contributed by atoms with E-state index in [0.717, 1.165) is 49.4 Å². The second-order valence-corrected chi connectivity index (χ2v) is 5.71. The molecule has 1 atom stereocenters. The van der Waals surface area contributed by atoms with Crippen LogP contribution in [0.25, 0.3) is 0 Å². The van der Waals surface area contributed by atoms with Gasteiger partial charge in [0.2, 0.25) is 0 Å². The molecule has 118 valence electrons. The van der Waals surface area contributed by atoms with Gasteiger partial charge in [-0.1, -0.05) is 33.6 Å². The Balaban J connectivity index is 2.95. The first-order chi connectivity index (χ1) is 10.0. The highest BCUT2D eigenvalue weighted by molar-refractivity contribution is 5.94. The molecule has 0 fully saturated rings. The molecule has 0 bridgehead atoms. The van der Waals surface area contributed by atoms with Gasteiger partial charge >= 0.3 is 0 Å². The van der Waals surface area contributed by atoms with Gasteiger partial charge < -0.3 is 10.2 Å². The summed E-state index contributed by atoms with van der Waals surface area (Å²) in [7, 11) is 1.88. The second kappa shape index (κ2) is 8.65. The van der Waals surface area contributed by atoms with Gasteiger partial charge in [-0.25, -0.2) is 4.98 Å². The summed E-state index contributed by atoms with van der Waals surface area (Å²) in [6, 6.07) is 3.79. The molecule has 0 saturated carbocycles. The highest BCUT2D eigenvalue weighted by Crippen LogP contribution is 2.15. The molecular weight excluding hydrogens is 262 g/mol. The Hall–Kier alpha value is -1.58. The maximum atomic E-state index is 12.6. The lowest BCUT2D eigenvalue weighted by Crippen LogP contribution is -2.31. The van der Waals surface area contributed by atoms with Crippen molar-refractivity contribution in [3.05, 3.63) is 23.4 Å². The van der Waals surface area contributed by atoms with Crippen LogP contribution in [0.5, 0.6) is 0 Å². The number of nitrogens with one attached hydrogen (secondary N) is 1. The number of hydrogen-bond acceptors (Lipinski definition) is 3. The van der Waals surface area contributed by atoms with E-state index in [1.165, 1.54) is 0 Å². The molecule has 0 aromatic carbocycles. The first kappa shape index (κ1) is 17.5. The normalized spacial score (nSPS) is 12.0. The van der Waals surface area contributed by atoms with Crippen molar-refractivity contribution < 1.29 is 4.79 Å². The van der Waals surface area contributed by atoms with Gasteiger partial charge in [-0.2, -0.15) is 0 Å². The summed E-state index contributed by atoms with van der Waals surface area (Å²) in [6.45, 7) is 10.1. The first-order valence-corrected chi connectivity index (χ1v) is 8.02. The highest BCUT2D eigenvalue weighted by atomic mass is 16.2. The van der Waals surface area contributed by atoms with E-state index in [4.69, 9.17) is 0 Å². The van der Waals surface area contributed by atoms with Gasteiger partial charge in [0.15, 0.2) is 0 Å². The number of nitrogens with zero attached hydrogens (tertiary/aromatic N) is 2. The third kappa shape index (κ3) is 5.37. The lowest BCUT2D eigenvalue weighted by molar-refractivity contribution is 0.0774. The van der Waals surface area contributed by atoms with Crippen molar-refractivity contribution in [1.82, 2.24) is 9.88 Å². The number of carbonyl (C=O) groups excluding carboxylic acids is 1. The zero-order valence-electron chi connectivity index (χ0n) is 14.1. The quantitative estimate of drug-likeness (QED) is 0.796. The fourth-order valence-electron chi connectivity index (χ4n) is 2.27. The predicted octanol–water partition coefficient (Wildman–Crippen LogP) is 3.58. The number of rotatable bonds is 8. The fraction of sp³-hybridized carbons (Fsp3) is 0.647. The molecule has 0 aliphatic heterocycles. The van der Waals surface area contributed by atoms with E-state index >= 15 is 0 Å². The van der Waals surface area contributed by atoms with Gasteiger partial charge in [0.25, 0.3) is 5.91 Å². The molecule has 21 heavy (non-hydrogen) atoms. The summed E-state index contributed by atoms with van der Waals surface area (Å²) in [5.41, 5.74) is 1.71. The molecule has 1 rings (SSSR count). The van der Waals surface area contributed by atoms with E-state index < -0.39 is 0 Å². The van der Waals surface area contributed by atoms with E-state index in [1.807, 2.05) is 31.0 Å². The van der Waals surface area contributed by atoms with Crippen molar-refractivity contribution in [2.45, 2.75) is 47.0 Å². The number of carbonyl (C=O) groups is 1. The molecule has 1 heterocycles. The number of anilines is 1. The Morgan fingerprint density at radius 3 is 2.62 bits per heavy atom. The van der Waals surface area contributed by atoms with Crippen LogP contribution >= 0.6 is 0 Å². The largest absolute Gasteiger partial charge is 0.370 e. The van der Waals surface area contributed by atoms with E-state index in [0.29, 0.717) is 5.92 Å². The zero-order chi connectivity index (χ0) is 15.8. The highest BCUT2D eigenvalue weighted by Gasteiger charge is 2.15. The fourth-order valence-corrected chi connectivity index (χ4v) is 2.27. The van der Waals surface area contributed by atoms with Crippen molar-refractivity contribution in [3.63, 3.8) is 0 Å². The summed E-state index contributed by atoms with van der Waals surface area (Å²) >= 11 is 0. The molecule has 1 N–H and O–H groups in total. The third-order valence-corrected chi connectivity index (χ3v) is 3.62. The minimum absolute atomic E-state index is 0.0780. The van der Waals surface area contributed by atoms with E-state index in [-0.39, 0.29) is 5.91 Å². The van der Waals surface area contributed by atoms with E-state index in [1.54, 1.807) is 0 Å². The lowest BCUT2D eigenvalue weighted by Gasteiger charge is -2.21. The van der Waals surface area contributed by atoms with Gasteiger partial charge in [-0.3, -0.25) is 4.79 Å². The average molecular weight is 291 g/mol. The molecule has 0 aliphatic rings. The van der Waals surface area contributed by atoms with Crippen LogP contribution < -0.4 is 5.32 Å². The number of pyridine rings is 1. The van der Waals surface area contributed by atoms with Crippen LogP contribution in [0.15, 0.2) is 12.1 Å². The van der Waals surface area contributed by atoms with Gasteiger partial charge in [-0.05, 0) is 31.4 Å². The smallest absolute Gasteiger partial charge is 0.253 e. The monoisotopic (exact) mass is 291 g/mol. The van der Waals surface area contributed by atoms with Crippen LogP contribution in [0.1, 0.15) is 56.6 Å². The van der Waals surface area contributed by atoms with Gasteiger partial charge in [-0.15, -0.1) is 0 Å². The van der Waals surface area contributed by atoms with E-state index in [9.17, 15) is 4.79 Å². The van der Waals surface area contributed by atoms with Crippen molar-refractivity contribution in [3.8, 4) is 0 Å². The van der Waals surface area contributed by atoms with Crippen molar-refractivity contribution in [1.29, 1.82) is 0 Å². The Kier molecular flexibility index (Phi) is 7.20. The molecule has 1 unspecified atom stereocenters. The first-order valence-electron chi connectivity index (χ1n) is 8.02. The summed E-state index contributed by atoms with van der Waals surface area (Å²) in [5.74, 6) is 1.39. The minimum atomic E-state index is 0.0780. The predicted molar refractivity (Wildman–Crippen MR) is 88.8 cm³/mol. The lowest BCUT2D eigenvalue weighted by atomic mass is 10.1. The van der Waals surface area contributed by atoms with Crippen LogP contribution in [0.4, 0.5) is 5.82 Å². The van der Waals surface area contributed by atoms with Crippen LogP contribution in [0.3, 0.4) is 0 Å². The molecule has 1 aromatic rings. The van der Waals surface area contributed by atoms with Gasteiger partial charge in [0.1, 0.15) is 5.82 Å². The van der Waals surface area contributed by atoms with Crippen LogP contribution in [-0.2, 0) is 6.42 Å². The number of amides is 1. The zero-order valence-corrected chi connectivity index (χ0v) is 14.1. The van der Waals surface area contributed by atoms with Gasteiger partial charge in [0.05, 0.1) is 0 Å². The second-order valence-electron chi connectivity index (χ2n) is 5.71.